The summed E-state index contributed by atoms with van der Waals surface area (Å²) < 4.78 is 5.17. The summed E-state index contributed by atoms with van der Waals surface area (Å²) in [6.45, 7) is 12.2. The van der Waals surface area contributed by atoms with E-state index in [1.165, 1.54) is 0 Å². The predicted octanol–water partition coefficient (Wildman–Crippen LogP) is 2.08. The molecule has 0 bridgehead atoms. The van der Waals surface area contributed by atoms with Gasteiger partial charge in [-0.25, -0.2) is 4.79 Å². The van der Waals surface area contributed by atoms with Crippen LogP contribution in [0, 0.1) is 5.41 Å². The van der Waals surface area contributed by atoms with E-state index in [2.05, 4.69) is 6.58 Å². The summed E-state index contributed by atoms with van der Waals surface area (Å²) in [5, 5.41) is 0. The molecule has 0 spiro atoms. The van der Waals surface area contributed by atoms with Crippen molar-refractivity contribution in [3.8, 4) is 0 Å². The molecular formula is C12H23NO2. The van der Waals surface area contributed by atoms with Crippen LogP contribution in [-0.2, 0) is 9.53 Å². The molecule has 88 valence electrons. The van der Waals surface area contributed by atoms with E-state index in [9.17, 15) is 4.79 Å². The minimum Gasteiger partial charge on any atom is -0.462 e. The summed E-state index contributed by atoms with van der Waals surface area (Å²) in [4.78, 5) is 13.5. The highest BCUT2D eigenvalue weighted by Gasteiger charge is 2.20. The van der Waals surface area contributed by atoms with Crippen LogP contribution in [0.2, 0.25) is 0 Å². The normalized spacial score (nSPS) is 13.8. The molecule has 0 saturated heterocycles. The molecule has 0 aromatic carbocycles. The minimum atomic E-state index is -0.300. The molecule has 0 aliphatic rings. The van der Waals surface area contributed by atoms with Crippen molar-refractivity contribution in [3.05, 3.63) is 12.2 Å². The lowest BCUT2D eigenvalue weighted by Gasteiger charge is -2.23. The van der Waals surface area contributed by atoms with Crippen LogP contribution in [0.25, 0.3) is 0 Å². The van der Waals surface area contributed by atoms with Crippen molar-refractivity contribution in [2.24, 2.45) is 5.41 Å². The van der Waals surface area contributed by atoms with Crippen LogP contribution in [0.1, 0.15) is 27.7 Å². The molecule has 3 heteroatoms. The minimum absolute atomic E-state index is 0.00268. The molecule has 0 saturated carbocycles. The van der Waals surface area contributed by atoms with Gasteiger partial charge in [0.05, 0.1) is 6.61 Å². The molecule has 3 nitrogen and oxygen atoms in total. The number of rotatable bonds is 4. The lowest BCUT2D eigenvalue weighted by molar-refractivity contribution is -0.142. The number of hydrogen-bond donors (Lipinski definition) is 0. The van der Waals surface area contributed by atoms with Crippen molar-refractivity contribution in [1.82, 2.24) is 4.90 Å². The van der Waals surface area contributed by atoms with Gasteiger partial charge >= 0.3 is 5.97 Å². The Hall–Kier alpha value is -0.830. The first-order valence-electron chi connectivity index (χ1n) is 5.17. The fourth-order valence-corrected chi connectivity index (χ4v) is 0.857. The maximum absolute atomic E-state index is 11.6. The third-order valence-corrected chi connectivity index (χ3v) is 2.18. The first-order valence-corrected chi connectivity index (χ1v) is 5.17. The van der Waals surface area contributed by atoms with E-state index in [0.29, 0.717) is 12.2 Å². The molecule has 0 rings (SSSR count). The van der Waals surface area contributed by atoms with Crippen LogP contribution in [0.3, 0.4) is 0 Å². The van der Waals surface area contributed by atoms with E-state index in [1.54, 1.807) is 0 Å². The van der Waals surface area contributed by atoms with Crippen molar-refractivity contribution in [3.63, 3.8) is 0 Å². The summed E-state index contributed by atoms with van der Waals surface area (Å²) in [5.74, 6) is -0.300. The Morgan fingerprint density at radius 1 is 1.40 bits per heavy atom. The first kappa shape index (κ1) is 14.2. The summed E-state index contributed by atoms with van der Waals surface area (Å²) in [5.41, 5.74) is 0.501. The van der Waals surface area contributed by atoms with Crippen molar-refractivity contribution in [2.75, 3.05) is 20.7 Å². The molecule has 15 heavy (non-hydrogen) atoms. The largest absolute Gasteiger partial charge is 0.462 e. The van der Waals surface area contributed by atoms with Crippen molar-refractivity contribution < 1.29 is 9.53 Å². The molecule has 0 amide bonds. The van der Waals surface area contributed by atoms with E-state index in [-0.39, 0.29) is 17.4 Å². The summed E-state index contributed by atoms with van der Waals surface area (Å²) in [7, 11) is 3.82. The highest BCUT2D eigenvalue weighted by molar-refractivity contribution is 5.88. The van der Waals surface area contributed by atoms with Gasteiger partial charge < -0.3 is 9.64 Å². The third-order valence-electron chi connectivity index (χ3n) is 2.18. The Kier molecular flexibility index (Phi) is 5.01. The Morgan fingerprint density at radius 2 is 1.87 bits per heavy atom. The summed E-state index contributed by atoms with van der Waals surface area (Å²) in [6.07, 6.45) is 0. The van der Waals surface area contributed by atoms with E-state index in [1.807, 2.05) is 46.7 Å². The first-order chi connectivity index (χ1) is 6.65. The van der Waals surface area contributed by atoms with Crippen molar-refractivity contribution >= 4 is 5.97 Å². The monoisotopic (exact) mass is 213 g/mol. The predicted molar refractivity (Wildman–Crippen MR) is 62.7 cm³/mol. The van der Waals surface area contributed by atoms with E-state index in [0.717, 1.165) is 0 Å². The Labute approximate surface area is 93.1 Å². The average Bonchev–Trinajstić information content (AvgIpc) is 2.10. The topological polar surface area (TPSA) is 29.5 Å². The zero-order valence-electron chi connectivity index (χ0n) is 10.8. The van der Waals surface area contributed by atoms with Gasteiger partial charge in [0.1, 0.15) is 0 Å². The van der Waals surface area contributed by atoms with Crippen LogP contribution in [0.5, 0.6) is 0 Å². The third kappa shape index (κ3) is 5.57. The molecule has 0 aromatic rings. The van der Waals surface area contributed by atoms with Crippen LogP contribution in [0.4, 0.5) is 0 Å². The van der Waals surface area contributed by atoms with E-state index >= 15 is 0 Å². The lowest BCUT2D eigenvalue weighted by Crippen LogP contribution is -2.31. The molecule has 0 fully saturated rings. The molecule has 0 aliphatic carbocycles. The highest BCUT2D eigenvalue weighted by atomic mass is 16.5. The maximum Gasteiger partial charge on any atom is 0.335 e. The standard InChI is InChI=1S/C12H23NO2/c1-9(10(2)13(6)7)11(14)15-8-12(3,4)5/h10H,1,8H2,2-7H3. The lowest BCUT2D eigenvalue weighted by atomic mass is 9.98. The zero-order chi connectivity index (χ0) is 12.2. The van der Waals surface area contributed by atoms with Gasteiger partial charge in [0.2, 0.25) is 0 Å². The van der Waals surface area contributed by atoms with Crippen molar-refractivity contribution in [2.45, 2.75) is 33.7 Å². The quantitative estimate of drug-likeness (QED) is 0.529. The maximum atomic E-state index is 11.6. The fraction of sp³-hybridized carbons (Fsp3) is 0.750. The SMILES string of the molecule is C=C(C(=O)OCC(C)(C)C)C(C)N(C)C. The number of likely N-dealkylation sites (N-methyl/N-ethyl adjacent to an activating group) is 1. The molecule has 0 radical (unpaired) electrons. The Bertz CT molecular complexity index is 238. The number of ether oxygens (including phenoxy) is 1. The van der Waals surface area contributed by atoms with Gasteiger partial charge in [-0.3, -0.25) is 0 Å². The number of carbonyl (C=O) groups is 1. The Morgan fingerprint density at radius 3 is 2.20 bits per heavy atom. The van der Waals surface area contributed by atoms with Gasteiger partial charge in [-0.1, -0.05) is 27.4 Å². The number of carbonyl (C=O) groups excluding carboxylic acids is 1. The molecule has 0 heterocycles. The van der Waals surface area contributed by atoms with Gasteiger partial charge in [0.15, 0.2) is 0 Å². The summed E-state index contributed by atoms with van der Waals surface area (Å²) >= 11 is 0. The van der Waals surface area contributed by atoms with Gasteiger partial charge in [-0.15, -0.1) is 0 Å². The van der Waals surface area contributed by atoms with Gasteiger partial charge in [0.25, 0.3) is 0 Å². The zero-order valence-corrected chi connectivity index (χ0v) is 10.8. The van der Waals surface area contributed by atoms with Gasteiger partial charge in [-0.05, 0) is 26.4 Å². The van der Waals surface area contributed by atoms with Gasteiger partial charge in [-0.2, -0.15) is 0 Å². The van der Waals surface area contributed by atoms with Crippen LogP contribution in [-0.4, -0.2) is 37.6 Å². The molecule has 0 aliphatic heterocycles. The fourth-order valence-electron chi connectivity index (χ4n) is 0.857. The number of esters is 1. The Balaban J connectivity index is 4.18. The molecule has 1 unspecified atom stereocenters. The van der Waals surface area contributed by atoms with E-state index < -0.39 is 0 Å². The van der Waals surface area contributed by atoms with Crippen LogP contribution >= 0.6 is 0 Å². The van der Waals surface area contributed by atoms with Crippen LogP contribution < -0.4 is 0 Å². The number of hydrogen-bond acceptors (Lipinski definition) is 3. The van der Waals surface area contributed by atoms with Crippen LogP contribution in [0.15, 0.2) is 12.2 Å². The molecular weight excluding hydrogens is 190 g/mol. The molecule has 0 aromatic heterocycles. The highest BCUT2D eigenvalue weighted by Crippen LogP contribution is 2.15. The molecule has 1 atom stereocenters. The second kappa shape index (κ2) is 5.31. The second-order valence-electron chi connectivity index (χ2n) is 5.30. The molecule has 0 N–H and O–H groups in total. The summed E-state index contributed by atoms with van der Waals surface area (Å²) in [6, 6.07) is 0.0115. The average molecular weight is 213 g/mol. The van der Waals surface area contributed by atoms with E-state index in [4.69, 9.17) is 4.74 Å². The van der Waals surface area contributed by atoms with Crippen molar-refractivity contribution in [1.29, 1.82) is 0 Å². The second-order valence-corrected chi connectivity index (χ2v) is 5.30. The number of nitrogens with zero attached hydrogens (tertiary/aromatic N) is 1. The smallest absolute Gasteiger partial charge is 0.335 e. The van der Waals surface area contributed by atoms with Gasteiger partial charge in [0, 0.05) is 11.6 Å².